The van der Waals surface area contributed by atoms with Crippen molar-refractivity contribution < 1.29 is 0 Å². The highest BCUT2D eigenvalue weighted by Crippen LogP contribution is 2.18. The Bertz CT molecular complexity index is 259. The molecule has 1 heterocycles. The van der Waals surface area contributed by atoms with Gasteiger partial charge < -0.3 is 10.3 Å². The van der Waals surface area contributed by atoms with Crippen molar-refractivity contribution in [1.29, 1.82) is 0 Å². The third-order valence-electron chi connectivity index (χ3n) is 2.52. The lowest BCUT2D eigenvalue weighted by atomic mass is 9.92. The first-order valence-electron chi connectivity index (χ1n) is 5.75. The van der Waals surface area contributed by atoms with Gasteiger partial charge in [-0.1, -0.05) is 27.7 Å². The second-order valence-electron chi connectivity index (χ2n) is 5.20. The normalized spacial score (nSPS) is 14.1. The molecule has 3 nitrogen and oxygen atoms in total. The van der Waals surface area contributed by atoms with Crippen LogP contribution in [0.15, 0.2) is 12.4 Å². The van der Waals surface area contributed by atoms with Gasteiger partial charge in [-0.05, 0) is 24.8 Å². The standard InChI is InChI=1S/C12H23N3/c1-5-10(11-14-8-9-15-11)13-7-6-12(2,3)4/h8-10,13H,5-7H2,1-4H3,(H,14,15). The van der Waals surface area contributed by atoms with E-state index >= 15 is 0 Å². The Hall–Kier alpha value is -0.830. The Morgan fingerprint density at radius 3 is 2.67 bits per heavy atom. The summed E-state index contributed by atoms with van der Waals surface area (Å²) in [6, 6.07) is 0.363. The third kappa shape index (κ3) is 4.47. The topological polar surface area (TPSA) is 40.7 Å². The molecule has 1 aromatic rings. The number of aromatic nitrogens is 2. The summed E-state index contributed by atoms with van der Waals surface area (Å²) in [6.45, 7) is 10.0. The number of hydrogen-bond acceptors (Lipinski definition) is 2. The number of H-pyrrole nitrogens is 1. The Kier molecular flexibility index (Phi) is 4.33. The summed E-state index contributed by atoms with van der Waals surface area (Å²) in [5, 5.41) is 3.53. The Labute approximate surface area is 92.7 Å². The van der Waals surface area contributed by atoms with Crippen LogP contribution in [0.4, 0.5) is 0 Å². The summed E-state index contributed by atoms with van der Waals surface area (Å²) in [6.07, 6.45) is 5.94. The van der Waals surface area contributed by atoms with Crippen molar-refractivity contribution in [3.8, 4) is 0 Å². The molecule has 0 aliphatic heterocycles. The van der Waals surface area contributed by atoms with Crippen LogP contribution in [0.25, 0.3) is 0 Å². The molecule has 0 aliphatic carbocycles. The van der Waals surface area contributed by atoms with Gasteiger partial charge in [-0.3, -0.25) is 0 Å². The van der Waals surface area contributed by atoms with E-state index in [0.29, 0.717) is 11.5 Å². The van der Waals surface area contributed by atoms with E-state index in [1.165, 1.54) is 6.42 Å². The van der Waals surface area contributed by atoms with Gasteiger partial charge in [0.25, 0.3) is 0 Å². The Morgan fingerprint density at radius 1 is 1.47 bits per heavy atom. The highest BCUT2D eigenvalue weighted by atomic mass is 15.0. The molecule has 2 N–H and O–H groups in total. The second kappa shape index (κ2) is 5.31. The molecule has 0 amide bonds. The van der Waals surface area contributed by atoms with Crippen LogP contribution in [-0.2, 0) is 0 Å². The summed E-state index contributed by atoms with van der Waals surface area (Å²) < 4.78 is 0. The molecule has 86 valence electrons. The van der Waals surface area contributed by atoms with E-state index in [1.54, 1.807) is 0 Å². The monoisotopic (exact) mass is 209 g/mol. The van der Waals surface area contributed by atoms with Crippen molar-refractivity contribution in [2.24, 2.45) is 5.41 Å². The van der Waals surface area contributed by atoms with Crippen molar-refractivity contribution >= 4 is 0 Å². The average Bonchev–Trinajstić information content (AvgIpc) is 2.63. The average molecular weight is 209 g/mol. The molecule has 1 rings (SSSR count). The fourth-order valence-corrected chi connectivity index (χ4v) is 1.52. The predicted octanol–water partition coefficient (Wildman–Crippen LogP) is 2.89. The van der Waals surface area contributed by atoms with Gasteiger partial charge >= 0.3 is 0 Å². The highest BCUT2D eigenvalue weighted by Gasteiger charge is 2.13. The SMILES string of the molecule is CCC(NCCC(C)(C)C)c1ncc[nH]1. The first kappa shape index (κ1) is 12.2. The number of nitrogens with one attached hydrogen (secondary N) is 2. The number of aromatic amines is 1. The quantitative estimate of drug-likeness (QED) is 0.783. The molecule has 0 bridgehead atoms. The minimum atomic E-state index is 0.363. The minimum Gasteiger partial charge on any atom is -0.347 e. The van der Waals surface area contributed by atoms with Crippen LogP contribution < -0.4 is 5.32 Å². The molecule has 0 fully saturated rings. The van der Waals surface area contributed by atoms with E-state index in [4.69, 9.17) is 0 Å². The largest absolute Gasteiger partial charge is 0.347 e. The van der Waals surface area contributed by atoms with Gasteiger partial charge in [-0.2, -0.15) is 0 Å². The van der Waals surface area contributed by atoms with Crippen molar-refractivity contribution in [2.75, 3.05) is 6.54 Å². The zero-order valence-electron chi connectivity index (χ0n) is 10.3. The lowest BCUT2D eigenvalue weighted by Gasteiger charge is -2.21. The summed E-state index contributed by atoms with van der Waals surface area (Å²) in [7, 11) is 0. The first-order valence-corrected chi connectivity index (χ1v) is 5.75. The Balaban J connectivity index is 2.36. The molecule has 0 aromatic carbocycles. The van der Waals surface area contributed by atoms with Crippen LogP contribution in [0.5, 0.6) is 0 Å². The predicted molar refractivity (Wildman–Crippen MR) is 63.7 cm³/mol. The molecule has 1 unspecified atom stereocenters. The van der Waals surface area contributed by atoms with Crippen molar-refractivity contribution in [3.63, 3.8) is 0 Å². The van der Waals surface area contributed by atoms with Gasteiger partial charge in [-0.25, -0.2) is 4.98 Å². The molecule has 3 heteroatoms. The van der Waals surface area contributed by atoms with E-state index in [1.807, 2.05) is 12.4 Å². The first-order chi connectivity index (χ1) is 7.03. The molecule has 0 aliphatic rings. The number of rotatable bonds is 5. The lowest BCUT2D eigenvalue weighted by Crippen LogP contribution is -2.25. The molecule has 0 spiro atoms. The number of nitrogens with zero attached hydrogens (tertiary/aromatic N) is 1. The van der Waals surface area contributed by atoms with Gasteiger partial charge in [0, 0.05) is 12.4 Å². The van der Waals surface area contributed by atoms with E-state index in [2.05, 4.69) is 43.0 Å². The summed E-state index contributed by atoms with van der Waals surface area (Å²) in [4.78, 5) is 7.45. The molecule has 15 heavy (non-hydrogen) atoms. The fourth-order valence-electron chi connectivity index (χ4n) is 1.52. The second-order valence-corrected chi connectivity index (χ2v) is 5.20. The van der Waals surface area contributed by atoms with Crippen LogP contribution in [0.1, 0.15) is 52.4 Å². The van der Waals surface area contributed by atoms with Crippen LogP contribution in [-0.4, -0.2) is 16.5 Å². The van der Waals surface area contributed by atoms with E-state index in [0.717, 1.165) is 18.8 Å². The third-order valence-corrected chi connectivity index (χ3v) is 2.52. The van der Waals surface area contributed by atoms with Gasteiger partial charge in [-0.15, -0.1) is 0 Å². The van der Waals surface area contributed by atoms with Crippen LogP contribution in [0, 0.1) is 5.41 Å². The van der Waals surface area contributed by atoms with Gasteiger partial charge in [0.05, 0.1) is 6.04 Å². The fraction of sp³-hybridized carbons (Fsp3) is 0.750. The van der Waals surface area contributed by atoms with Crippen LogP contribution in [0.3, 0.4) is 0 Å². The van der Waals surface area contributed by atoms with Gasteiger partial charge in [0.2, 0.25) is 0 Å². The molecule has 0 radical (unpaired) electrons. The minimum absolute atomic E-state index is 0.363. The van der Waals surface area contributed by atoms with E-state index in [-0.39, 0.29) is 0 Å². The summed E-state index contributed by atoms with van der Waals surface area (Å²) >= 11 is 0. The summed E-state index contributed by atoms with van der Waals surface area (Å²) in [5.74, 6) is 1.05. The van der Waals surface area contributed by atoms with Crippen molar-refractivity contribution in [3.05, 3.63) is 18.2 Å². The molecule has 1 aromatic heterocycles. The molecule has 0 saturated heterocycles. The zero-order chi connectivity index (χ0) is 11.3. The van der Waals surface area contributed by atoms with Gasteiger partial charge in [0.1, 0.15) is 5.82 Å². The number of hydrogen-bond donors (Lipinski definition) is 2. The molecule has 0 saturated carbocycles. The van der Waals surface area contributed by atoms with Crippen LogP contribution in [0.2, 0.25) is 0 Å². The van der Waals surface area contributed by atoms with Crippen molar-refractivity contribution in [1.82, 2.24) is 15.3 Å². The smallest absolute Gasteiger partial charge is 0.123 e. The summed E-state index contributed by atoms with van der Waals surface area (Å²) in [5.41, 5.74) is 0.397. The highest BCUT2D eigenvalue weighted by molar-refractivity contribution is 4.94. The maximum Gasteiger partial charge on any atom is 0.123 e. The lowest BCUT2D eigenvalue weighted by molar-refractivity contribution is 0.350. The zero-order valence-corrected chi connectivity index (χ0v) is 10.3. The van der Waals surface area contributed by atoms with E-state index < -0.39 is 0 Å². The number of imidazole rings is 1. The van der Waals surface area contributed by atoms with Crippen LogP contribution >= 0.6 is 0 Å². The van der Waals surface area contributed by atoms with Crippen molar-refractivity contribution in [2.45, 2.75) is 46.6 Å². The maximum atomic E-state index is 4.28. The molecular weight excluding hydrogens is 186 g/mol. The van der Waals surface area contributed by atoms with E-state index in [9.17, 15) is 0 Å². The molecule has 1 atom stereocenters. The van der Waals surface area contributed by atoms with Gasteiger partial charge in [0.15, 0.2) is 0 Å². The molecular formula is C12H23N3. The Morgan fingerprint density at radius 2 is 2.20 bits per heavy atom. The maximum absolute atomic E-state index is 4.28.